The van der Waals surface area contributed by atoms with Crippen LogP contribution in [0.3, 0.4) is 0 Å². The van der Waals surface area contributed by atoms with E-state index in [9.17, 15) is 9.59 Å². The molecule has 1 N–H and O–H groups in total. The van der Waals surface area contributed by atoms with Gasteiger partial charge in [0, 0.05) is 25.7 Å². The molecule has 1 aromatic carbocycles. The molecule has 0 bridgehead atoms. The van der Waals surface area contributed by atoms with E-state index in [0.717, 1.165) is 0 Å². The van der Waals surface area contributed by atoms with Crippen molar-refractivity contribution in [3.63, 3.8) is 0 Å². The van der Waals surface area contributed by atoms with Crippen LogP contribution >= 0.6 is 0 Å². The highest BCUT2D eigenvalue weighted by molar-refractivity contribution is 6.32. The van der Waals surface area contributed by atoms with E-state index in [1.807, 2.05) is 0 Å². The summed E-state index contributed by atoms with van der Waals surface area (Å²) >= 11 is 0. The lowest BCUT2D eigenvalue weighted by molar-refractivity contribution is -0.120. The number of hydrogen-bond acceptors (Lipinski definition) is 2. The Hall–Kier alpha value is -1.78. The second kappa shape index (κ2) is 5.95. The molecule has 0 spiro atoms. The Balaban J connectivity index is 2.67. The lowest BCUT2D eigenvalue weighted by Crippen LogP contribution is -2.28. The summed E-state index contributed by atoms with van der Waals surface area (Å²) in [5.74, 6) is -0.101. The molecule has 0 aliphatic rings. The zero-order valence-corrected chi connectivity index (χ0v) is 9.14. The van der Waals surface area contributed by atoms with Gasteiger partial charge in [0.25, 0.3) is 0 Å². The van der Waals surface area contributed by atoms with Crippen LogP contribution in [0.1, 0.15) is 6.42 Å². The largest absolute Gasteiger partial charge is 0.359 e. The number of carbonyl (C=O) groups is 2. The molecule has 4 nitrogen and oxygen atoms in total. The second-order valence-corrected chi connectivity index (χ2v) is 3.32. The van der Waals surface area contributed by atoms with E-state index in [1.54, 1.807) is 31.3 Å². The molecule has 0 unspecified atom stereocenters. The molecule has 0 heterocycles. The van der Waals surface area contributed by atoms with Crippen molar-refractivity contribution >= 4 is 31.3 Å². The molecule has 82 valence electrons. The monoisotopic (exact) mass is 216 g/mol. The number of carbonyl (C=O) groups excluding carboxylic acids is 2. The smallest absolute Gasteiger partial charge is 0.221 e. The summed E-state index contributed by atoms with van der Waals surface area (Å²) in [5, 5.41) is 2.50. The minimum Gasteiger partial charge on any atom is -0.359 e. The molecule has 0 atom stereocenters. The average molecular weight is 216 g/mol. The van der Waals surface area contributed by atoms with E-state index >= 15 is 0 Å². The van der Waals surface area contributed by atoms with Gasteiger partial charge in [0.15, 0.2) is 0 Å². The second-order valence-electron chi connectivity index (χ2n) is 3.32. The molecule has 0 aliphatic carbocycles. The molecule has 0 aromatic heterocycles. The number of benzene rings is 1. The molecule has 0 saturated carbocycles. The summed E-state index contributed by atoms with van der Waals surface area (Å²) in [4.78, 5) is 23.4. The molecular weight excluding hydrogens is 203 g/mol. The average Bonchev–Trinajstić information content (AvgIpc) is 2.29. The van der Waals surface area contributed by atoms with Gasteiger partial charge in [-0.05, 0) is 12.1 Å². The standard InChI is InChI=1S/C11H13BN2O2/c1-13-11(16)5-6-14(8-15)10-4-2-3-9(12)7-10/h2-4,7-8H,5-6H2,1H3,(H,13,16). The molecule has 16 heavy (non-hydrogen) atoms. The third kappa shape index (κ3) is 3.42. The topological polar surface area (TPSA) is 49.4 Å². The van der Waals surface area contributed by atoms with Crippen LogP contribution < -0.4 is 15.7 Å². The molecule has 2 radical (unpaired) electrons. The molecular formula is C11H13BN2O2. The van der Waals surface area contributed by atoms with Crippen molar-refractivity contribution in [1.29, 1.82) is 0 Å². The number of nitrogens with one attached hydrogen (secondary N) is 1. The van der Waals surface area contributed by atoms with Crippen molar-refractivity contribution in [3.8, 4) is 0 Å². The van der Waals surface area contributed by atoms with Crippen LogP contribution in [-0.4, -0.2) is 33.8 Å². The summed E-state index contributed by atoms with van der Waals surface area (Å²) in [6, 6.07) is 6.97. The summed E-state index contributed by atoms with van der Waals surface area (Å²) in [6.07, 6.45) is 0.960. The summed E-state index contributed by atoms with van der Waals surface area (Å²) in [5.41, 5.74) is 1.28. The van der Waals surface area contributed by atoms with Crippen molar-refractivity contribution < 1.29 is 9.59 Å². The maximum atomic E-state index is 11.1. The zero-order chi connectivity index (χ0) is 12.0. The van der Waals surface area contributed by atoms with Crippen LogP contribution in [-0.2, 0) is 9.59 Å². The lowest BCUT2D eigenvalue weighted by atomic mass is 9.96. The number of rotatable bonds is 5. The first-order chi connectivity index (χ1) is 7.67. The Morgan fingerprint density at radius 3 is 2.88 bits per heavy atom. The van der Waals surface area contributed by atoms with Gasteiger partial charge in [0.1, 0.15) is 7.85 Å². The van der Waals surface area contributed by atoms with E-state index in [1.165, 1.54) is 4.90 Å². The molecule has 2 amide bonds. The highest BCUT2D eigenvalue weighted by atomic mass is 16.2. The van der Waals surface area contributed by atoms with Crippen LogP contribution in [0.4, 0.5) is 5.69 Å². The first-order valence-corrected chi connectivity index (χ1v) is 4.95. The number of anilines is 1. The van der Waals surface area contributed by atoms with Crippen molar-refractivity contribution in [1.82, 2.24) is 5.32 Å². The Labute approximate surface area is 96.0 Å². The Morgan fingerprint density at radius 2 is 2.31 bits per heavy atom. The van der Waals surface area contributed by atoms with E-state index in [2.05, 4.69) is 5.32 Å². The first kappa shape index (κ1) is 12.3. The molecule has 1 rings (SSSR count). The zero-order valence-electron chi connectivity index (χ0n) is 9.14. The van der Waals surface area contributed by atoms with Gasteiger partial charge >= 0.3 is 0 Å². The molecule has 0 saturated heterocycles. The third-order valence-electron chi connectivity index (χ3n) is 2.19. The predicted octanol–water partition coefficient (Wildman–Crippen LogP) is -0.421. The Bertz CT molecular complexity index is 382. The first-order valence-electron chi connectivity index (χ1n) is 4.95. The highest BCUT2D eigenvalue weighted by Gasteiger charge is 2.07. The van der Waals surface area contributed by atoms with E-state index in [-0.39, 0.29) is 12.3 Å². The molecule has 1 aromatic rings. The fourth-order valence-electron chi connectivity index (χ4n) is 1.29. The van der Waals surface area contributed by atoms with Crippen molar-refractivity contribution in [2.45, 2.75) is 6.42 Å². The molecule has 0 aliphatic heterocycles. The lowest BCUT2D eigenvalue weighted by Gasteiger charge is -2.17. The number of nitrogens with zero attached hydrogens (tertiary/aromatic N) is 1. The third-order valence-corrected chi connectivity index (χ3v) is 2.19. The summed E-state index contributed by atoms with van der Waals surface area (Å²) < 4.78 is 0. The minimum atomic E-state index is -0.101. The maximum absolute atomic E-state index is 11.1. The van der Waals surface area contributed by atoms with Crippen molar-refractivity contribution in [3.05, 3.63) is 24.3 Å². The summed E-state index contributed by atoms with van der Waals surface area (Å²) in [6.45, 7) is 0.340. The predicted molar refractivity (Wildman–Crippen MR) is 63.9 cm³/mol. The SMILES string of the molecule is [B]c1cccc(N(C=O)CCC(=O)NC)c1. The minimum absolute atomic E-state index is 0.101. The van der Waals surface area contributed by atoms with Crippen LogP contribution in [0.5, 0.6) is 0 Å². The number of amides is 2. The Kier molecular flexibility index (Phi) is 4.57. The van der Waals surface area contributed by atoms with Gasteiger partial charge in [-0.15, -0.1) is 0 Å². The van der Waals surface area contributed by atoms with Gasteiger partial charge < -0.3 is 10.2 Å². The van der Waals surface area contributed by atoms with Crippen LogP contribution in [0.2, 0.25) is 0 Å². The van der Waals surface area contributed by atoms with Gasteiger partial charge in [-0.25, -0.2) is 0 Å². The summed E-state index contributed by atoms with van der Waals surface area (Å²) in [7, 11) is 7.17. The van der Waals surface area contributed by atoms with Gasteiger partial charge in [-0.2, -0.15) is 0 Å². The highest BCUT2D eigenvalue weighted by Crippen LogP contribution is 2.09. The van der Waals surface area contributed by atoms with Gasteiger partial charge in [-0.3, -0.25) is 9.59 Å². The van der Waals surface area contributed by atoms with Crippen LogP contribution in [0.25, 0.3) is 0 Å². The maximum Gasteiger partial charge on any atom is 0.221 e. The van der Waals surface area contributed by atoms with Crippen LogP contribution in [0, 0.1) is 0 Å². The van der Waals surface area contributed by atoms with Crippen LogP contribution in [0.15, 0.2) is 24.3 Å². The van der Waals surface area contributed by atoms with Gasteiger partial charge in [-0.1, -0.05) is 17.6 Å². The van der Waals surface area contributed by atoms with Crippen molar-refractivity contribution in [2.75, 3.05) is 18.5 Å². The molecule has 0 fully saturated rings. The molecule has 5 heteroatoms. The fraction of sp³-hybridized carbons (Fsp3) is 0.273. The van der Waals surface area contributed by atoms with Crippen molar-refractivity contribution in [2.24, 2.45) is 0 Å². The van der Waals surface area contributed by atoms with E-state index in [4.69, 9.17) is 7.85 Å². The van der Waals surface area contributed by atoms with E-state index in [0.29, 0.717) is 24.1 Å². The Morgan fingerprint density at radius 1 is 1.56 bits per heavy atom. The fourth-order valence-corrected chi connectivity index (χ4v) is 1.29. The van der Waals surface area contributed by atoms with Gasteiger partial charge in [0.05, 0.1) is 0 Å². The quantitative estimate of drug-likeness (QED) is 0.536. The van der Waals surface area contributed by atoms with E-state index < -0.39 is 0 Å². The normalized spacial score (nSPS) is 9.56. The van der Waals surface area contributed by atoms with Gasteiger partial charge in [0.2, 0.25) is 12.3 Å². The number of hydrogen-bond donors (Lipinski definition) is 1.